The fraction of sp³-hybridized carbons (Fsp3) is 0.409. The van der Waals surface area contributed by atoms with Crippen LogP contribution in [0.1, 0.15) is 27.9 Å². The number of alkyl halides is 3. The van der Waals surface area contributed by atoms with Crippen LogP contribution in [0.3, 0.4) is 0 Å². The Morgan fingerprint density at radius 2 is 1.78 bits per heavy atom. The third-order valence-electron chi connectivity index (χ3n) is 5.27. The summed E-state index contributed by atoms with van der Waals surface area (Å²) >= 11 is 0. The summed E-state index contributed by atoms with van der Waals surface area (Å²) in [5, 5.41) is 0. The summed E-state index contributed by atoms with van der Waals surface area (Å²) in [4.78, 5) is 15.9. The lowest BCUT2D eigenvalue weighted by molar-refractivity contribution is -0.145. The van der Waals surface area contributed by atoms with Gasteiger partial charge in [0.05, 0.1) is 11.4 Å². The van der Waals surface area contributed by atoms with Crippen molar-refractivity contribution in [3.05, 3.63) is 59.2 Å². The van der Waals surface area contributed by atoms with Crippen LogP contribution in [0.4, 0.5) is 18.9 Å². The minimum Gasteiger partial charge on any atom is -0.337 e. The van der Waals surface area contributed by atoms with Crippen LogP contribution in [0.2, 0.25) is 0 Å². The van der Waals surface area contributed by atoms with Gasteiger partial charge in [-0.3, -0.25) is 14.4 Å². The number of halogens is 3. The number of nitrogens with one attached hydrogen (secondary N) is 1. The van der Waals surface area contributed by atoms with E-state index >= 15 is 0 Å². The molecule has 1 fully saturated rings. The van der Waals surface area contributed by atoms with E-state index in [1.165, 1.54) is 15.9 Å². The molecule has 1 amide bonds. The molecule has 32 heavy (non-hydrogen) atoms. The SMILES string of the molecule is Cc1ccc(C)c(S(=O)(=O)Nc2cccc(C(=O)N3CCCN(CC(F)(F)F)CC3)c2)c1. The molecule has 174 valence electrons. The molecule has 6 nitrogen and oxygen atoms in total. The van der Waals surface area contributed by atoms with E-state index in [-0.39, 0.29) is 41.7 Å². The van der Waals surface area contributed by atoms with Crippen LogP contribution in [-0.2, 0) is 10.0 Å². The molecule has 0 aromatic heterocycles. The fourth-order valence-corrected chi connectivity index (χ4v) is 5.07. The smallest absolute Gasteiger partial charge is 0.337 e. The molecule has 0 saturated carbocycles. The molecule has 1 aliphatic rings. The number of nitrogens with zero attached hydrogens (tertiary/aromatic N) is 2. The Balaban J connectivity index is 1.73. The van der Waals surface area contributed by atoms with Crippen molar-refractivity contribution in [3.8, 4) is 0 Å². The zero-order valence-electron chi connectivity index (χ0n) is 17.9. The number of amides is 1. The van der Waals surface area contributed by atoms with Crippen molar-refractivity contribution in [2.75, 3.05) is 37.4 Å². The molecule has 2 aromatic carbocycles. The number of hydrogen-bond acceptors (Lipinski definition) is 4. The molecule has 1 N–H and O–H groups in total. The minimum absolute atomic E-state index is 0.129. The number of anilines is 1. The van der Waals surface area contributed by atoms with Gasteiger partial charge in [0.2, 0.25) is 0 Å². The second-order valence-corrected chi connectivity index (χ2v) is 9.64. The average molecular weight is 470 g/mol. The summed E-state index contributed by atoms with van der Waals surface area (Å²) in [7, 11) is -3.85. The molecule has 1 saturated heterocycles. The lowest BCUT2D eigenvalue weighted by Gasteiger charge is -2.23. The topological polar surface area (TPSA) is 69.7 Å². The highest BCUT2D eigenvalue weighted by Crippen LogP contribution is 2.22. The molecule has 0 aliphatic carbocycles. The van der Waals surface area contributed by atoms with Crippen LogP contribution in [0.5, 0.6) is 0 Å². The molecule has 3 rings (SSSR count). The molecule has 10 heteroatoms. The number of carbonyl (C=O) groups is 1. The van der Waals surface area contributed by atoms with Gasteiger partial charge in [-0.05, 0) is 55.7 Å². The first-order chi connectivity index (χ1) is 14.9. The fourth-order valence-electron chi connectivity index (χ4n) is 3.69. The quantitative estimate of drug-likeness (QED) is 0.723. The summed E-state index contributed by atoms with van der Waals surface area (Å²) < 4.78 is 66.2. The van der Waals surface area contributed by atoms with Gasteiger partial charge in [-0.2, -0.15) is 13.2 Å². The second kappa shape index (κ2) is 9.50. The van der Waals surface area contributed by atoms with E-state index in [0.29, 0.717) is 18.5 Å². The van der Waals surface area contributed by atoms with Crippen LogP contribution in [0, 0.1) is 13.8 Å². The Hall–Kier alpha value is -2.59. The van der Waals surface area contributed by atoms with E-state index in [1.807, 2.05) is 6.07 Å². The minimum atomic E-state index is -4.28. The van der Waals surface area contributed by atoms with E-state index in [1.54, 1.807) is 44.2 Å². The molecule has 0 atom stereocenters. The maximum absolute atomic E-state index is 12.9. The first kappa shape index (κ1) is 24.1. The van der Waals surface area contributed by atoms with Crippen LogP contribution in [0.25, 0.3) is 0 Å². The normalized spacial score (nSPS) is 16.0. The maximum Gasteiger partial charge on any atom is 0.401 e. The number of rotatable bonds is 5. The first-order valence-electron chi connectivity index (χ1n) is 10.2. The molecule has 2 aromatic rings. The zero-order valence-corrected chi connectivity index (χ0v) is 18.8. The van der Waals surface area contributed by atoms with Crippen LogP contribution in [-0.4, -0.2) is 63.0 Å². The summed E-state index contributed by atoms with van der Waals surface area (Å²) in [6.07, 6.45) is -3.85. The van der Waals surface area contributed by atoms with Crippen LogP contribution in [0.15, 0.2) is 47.4 Å². The van der Waals surface area contributed by atoms with Gasteiger partial charge in [-0.15, -0.1) is 0 Å². The Labute approximate surface area is 186 Å². The number of carbonyl (C=O) groups excluding carboxylic acids is 1. The lowest BCUT2D eigenvalue weighted by Crippen LogP contribution is -2.38. The molecule has 0 unspecified atom stereocenters. The van der Waals surface area contributed by atoms with Gasteiger partial charge in [0.15, 0.2) is 0 Å². The number of aryl methyl sites for hydroxylation is 2. The molecular formula is C22H26F3N3O3S. The molecule has 1 aliphatic heterocycles. The number of hydrogen-bond donors (Lipinski definition) is 1. The predicted molar refractivity (Wildman–Crippen MR) is 116 cm³/mol. The third kappa shape index (κ3) is 6.23. The predicted octanol–water partition coefficient (Wildman–Crippen LogP) is 3.81. The summed E-state index contributed by atoms with van der Waals surface area (Å²) in [5.41, 5.74) is 1.92. The number of sulfonamides is 1. The highest BCUT2D eigenvalue weighted by atomic mass is 32.2. The van der Waals surface area contributed by atoms with Crippen molar-refractivity contribution in [1.82, 2.24) is 9.80 Å². The maximum atomic E-state index is 12.9. The van der Waals surface area contributed by atoms with Crippen molar-refractivity contribution in [2.45, 2.75) is 31.3 Å². The van der Waals surface area contributed by atoms with E-state index in [4.69, 9.17) is 0 Å². The number of benzene rings is 2. The summed E-state index contributed by atoms with van der Waals surface area (Å²) in [5.74, 6) is -0.341. The monoisotopic (exact) mass is 469 g/mol. The highest BCUT2D eigenvalue weighted by molar-refractivity contribution is 7.92. The highest BCUT2D eigenvalue weighted by Gasteiger charge is 2.32. The Kier molecular flexibility index (Phi) is 7.14. The summed E-state index contributed by atoms with van der Waals surface area (Å²) in [6, 6.07) is 11.3. The molecule has 0 bridgehead atoms. The third-order valence-corrected chi connectivity index (χ3v) is 6.80. The van der Waals surface area contributed by atoms with Gasteiger partial charge in [0.25, 0.3) is 15.9 Å². The van der Waals surface area contributed by atoms with Crippen molar-refractivity contribution < 1.29 is 26.4 Å². The van der Waals surface area contributed by atoms with Crippen molar-refractivity contribution in [2.24, 2.45) is 0 Å². The Bertz CT molecular complexity index is 1090. The van der Waals surface area contributed by atoms with Gasteiger partial charge < -0.3 is 4.90 Å². The van der Waals surface area contributed by atoms with Crippen molar-refractivity contribution in [3.63, 3.8) is 0 Å². The van der Waals surface area contributed by atoms with E-state index in [0.717, 1.165) is 5.56 Å². The Morgan fingerprint density at radius 1 is 1.03 bits per heavy atom. The molecule has 0 spiro atoms. The second-order valence-electron chi connectivity index (χ2n) is 7.99. The molecular weight excluding hydrogens is 443 g/mol. The average Bonchev–Trinajstić information content (AvgIpc) is 2.93. The van der Waals surface area contributed by atoms with E-state index in [9.17, 15) is 26.4 Å². The van der Waals surface area contributed by atoms with Gasteiger partial charge in [-0.25, -0.2) is 8.42 Å². The van der Waals surface area contributed by atoms with Crippen molar-refractivity contribution in [1.29, 1.82) is 0 Å². The van der Waals surface area contributed by atoms with Crippen LogP contribution >= 0.6 is 0 Å². The largest absolute Gasteiger partial charge is 0.401 e. The zero-order chi connectivity index (χ0) is 23.5. The van der Waals surface area contributed by atoms with Gasteiger partial charge in [0, 0.05) is 37.4 Å². The van der Waals surface area contributed by atoms with Gasteiger partial charge in [-0.1, -0.05) is 18.2 Å². The molecule has 0 radical (unpaired) electrons. The van der Waals surface area contributed by atoms with Gasteiger partial charge in [0.1, 0.15) is 0 Å². The van der Waals surface area contributed by atoms with E-state index < -0.39 is 22.7 Å². The lowest BCUT2D eigenvalue weighted by atomic mass is 10.1. The summed E-state index contributed by atoms with van der Waals surface area (Å²) in [6.45, 7) is 3.41. The Morgan fingerprint density at radius 3 is 2.50 bits per heavy atom. The molecule has 1 heterocycles. The van der Waals surface area contributed by atoms with Crippen molar-refractivity contribution >= 4 is 21.6 Å². The van der Waals surface area contributed by atoms with Crippen LogP contribution < -0.4 is 4.72 Å². The van der Waals surface area contributed by atoms with Gasteiger partial charge >= 0.3 is 6.18 Å². The first-order valence-corrected chi connectivity index (χ1v) is 11.7. The van der Waals surface area contributed by atoms with E-state index in [2.05, 4.69) is 4.72 Å². The standard InChI is InChI=1S/C22H26F3N3O3S/c1-16-7-8-17(2)20(13-16)32(30,31)26-19-6-3-5-18(14-19)21(29)28-10-4-9-27(11-12-28)15-22(23,24)25/h3,5-8,13-14,26H,4,9-12,15H2,1-2H3.